The van der Waals surface area contributed by atoms with Gasteiger partial charge in [-0.2, -0.15) is 8.42 Å². The Balaban J connectivity index is 0.00000882. The van der Waals surface area contributed by atoms with Gasteiger partial charge in [0.05, 0.1) is 58.6 Å². The molecule has 0 radical (unpaired) electrons. The summed E-state index contributed by atoms with van der Waals surface area (Å²) in [7, 11) is -2.27. The van der Waals surface area contributed by atoms with E-state index in [0.29, 0.717) is 19.8 Å². The van der Waals surface area contributed by atoms with Crippen LogP contribution in [0.25, 0.3) is 0 Å². The van der Waals surface area contributed by atoms with E-state index in [9.17, 15) is 13.5 Å². The molecule has 12 heteroatoms. The maximum absolute atomic E-state index is 10.9. The number of nitrogens with zero attached hydrogens (tertiary/aromatic N) is 1. The number of hydrogen-bond donors (Lipinski definition) is 3. The van der Waals surface area contributed by atoms with Crippen LogP contribution >= 0.6 is 0 Å². The summed E-state index contributed by atoms with van der Waals surface area (Å²) >= 11 is 0. The summed E-state index contributed by atoms with van der Waals surface area (Å²) in [6, 6.07) is 0.801. The van der Waals surface area contributed by atoms with E-state index in [-0.39, 0.29) is 19.0 Å². The van der Waals surface area contributed by atoms with Crippen LogP contribution in [0.4, 0.5) is 0 Å². The number of β-amino-alcohol motifs (C(OH)–C–C–N with tert-alkyl or cyclic N) is 1. The Morgan fingerprint density at radius 1 is 0.762 bits per heavy atom. The summed E-state index contributed by atoms with van der Waals surface area (Å²) in [6.07, 6.45) is 22.1. The Bertz CT molecular complexity index is 782. The summed E-state index contributed by atoms with van der Waals surface area (Å²) in [6.45, 7) is 5.82. The van der Waals surface area contributed by atoms with Crippen molar-refractivity contribution in [3.63, 3.8) is 0 Å². The predicted molar refractivity (Wildman–Crippen MR) is 168 cm³/mol. The molecule has 252 valence electrons. The SMILES string of the molecule is CCCCCCCCCCCCCCCCCC[N+](C)(C)CCC[Si]12OCC(NCC(O)CS(=O)(=O)O)(CO1)CO2.[Cl-]. The standard InChI is InChI=1S/C30H62N2O7SSi.ClH/c1-4-5-6-7-8-9-10-11-12-13-14-15-16-17-18-19-21-32(2,3)22-20-23-41-37-26-30(27-38-41,28-39-41)31-24-29(33)25-40(34,35)36;/h29,31,33H,4-28H2,1-3H3;1H. The average Bonchev–Trinajstić information content (AvgIpc) is 2.92. The molecule has 3 rings (SSSR count). The zero-order chi connectivity index (χ0) is 30.1. The lowest BCUT2D eigenvalue weighted by molar-refractivity contribution is -0.890. The summed E-state index contributed by atoms with van der Waals surface area (Å²) in [5.41, 5.74) is -0.586. The van der Waals surface area contributed by atoms with Crippen LogP contribution in [0, 0.1) is 0 Å². The molecule has 3 aliphatic rings. The van der Waals surface area contributed by atoms with E-state index >= 15 is 0 Å². The van der Waals surface area contributed by atoms with Crippen LogP contribution in [-0.4, -0.2) is 102 Å². The Morgan fingerprint density at radius 3 is 1.60 bits per heavy atom. The maximum Gasteiger partial charge on any atom is 0.501 e. The molecule has 0 aromatic heterocycles. The van der Waals surface area contributed by atoms with Crippen molar-refractivity contribution < 1.29 is 48.2 Å². The van der Waals surface area contributed by atoms with Crippen molar-refractivity contribution in [2.45, 2.75) is 134 Å². The van der Waals surface area contributed by atoms with Crippen LogP contribution in [0.2, 0.25) is 6.04 Å². The Kier molecular flexibility index (Phi) is 20.2. The van der Waals surface area contributed by atoms with E-state index in [4.69, 9.17) is 17.8 Å². The zero-order valence-electron chi connectivity index (χ0n) is 26.9. The van der Waals surface area contributed by atoms with Gasteiger partial charge in [0.1, 0.15) is 5.75 Å². The van der Waals surface area contributed by atoms with Crippen molar-refractivity contribution in [3.05, 3.63) is 0 Å². The van der Waals surface area contributed by atoms with Gasteiger partial charge in [-0.25, -0.2) is 0 Å². The molecule has 3 fully saturated rings. The van der Waals surface area contributed by atoms with Crippen LogP contribution in [0.1, 0.15) is 116 Å². The molecule has 0 aromatic rings. The Hall–Kier alpha value is 0.177. The predicted octanol–water partition coefficient (Wildman–Crippen LogP) is 2.31. The molecular formula is C30H63ClN2O7SSi. The van der Waals surface area contributed by atoms with Crippen molar-refractivity contribution in [1.82, 2.24) is 5.32 Å². The van der Waals surface area contributed by atoms with Gasteiger partial charge in [0, 0.05) is 19.0 Å². The lowest BCUT2D eigenvalue weighted by atomic mass is 10.0. The lowest BCUT2D eigenvalue weighted by Crippen LogP contribution is -3.00. The fraction of sp³-hybridized carbons (Fsp3) is 1.00. The quantitative estimate of drug-likeness (QED) is 0.0562. The molecule has 2 bridgehead atoms. The molecule has 3 saturated heterocycles. The van der Waals surface area contributed by atoms with E-state index in [2.05, 4.69) is 26.3 Å². The summed E-state index contributed by atoms with van der Waals surface area (Å²) in [5, 5.41) is 13.0. The number of nitrogens with one attached hydrogen (secondary N) is 1. The van der Waals surface area contributed by atoms with Crippen LogP contribution < -0.4 is 17.7 Å². The van der Waals surface area contributed by atoms with Gasteiger partial charge >= 0.3 is 8.80 Å². The number of rotatable bonds is 26. The molecule has 0 saturated carbocycles. The number of fused-ring (bicyclic) bond motifs is 3. The molecule has 1 unspecified atom stereocenters. The minimum Gasteiger partial charge on any atom is -1.00 e. The second-order valence-corrected chi connectivity index (χ2v) is 17.6. The van der Waals surface area contributed by atoms with Gasteiger partial charge in [0.15, 0.2) is 0 Å². The average molecular weight is 659 g/mol. The molecule has 0 aromatic carbocycles. The number of unbranched alkanes of at least 4 members (excludes halogenated alkanes) is 15. The second kappa shape index (κ2) is 21.1. The molecule has 3 heterocycles. The molecule has 0 aliphatic carbocycles. The van der Waals surface area contributed by atoms with E-state index in [0.717, 1.165) is 23.5 Å². The molecule has 42 heavy (non-hydrogen) atoms. The first kappa shape index (κ1) is 40.2. The highest BCUT2D eigenvalue weighted by molar-refractivity contribution is 7.85. The first-order valence-electron chi connectivity index (χ1n) is 16.6. The van der Waals surface area contributed by atoms with Crippen LogP contribution in [0.5, 0.6) is 0 Å². The molecular weight excluding hydrogens is 596 g/mol. The largest absolute Gasteiger partial charge is 1.00 e. The highest BCUT2D eigenvalue weighted by Gasteiger charge is 2.56. The third-order valence-electron chi connectivity index (χ3n) is 8.68. The van der Waals surface area contributed by atoms with Gasteiger partial charge in [0.25, 0.3) is 10.1 Å². The van der Waals surface area contributed by atoms with Gasteiger partial charge in [0.2, 0.25) is 0 Å². The number of quaternary nitrogens is 1. The molecule has 3 aliphatic heterocycles. The Labute approximate surface area is 264 Å². The van der Waals surface area contributed by atoms with Crippen LogP contribution in [-0.2, 0) is 23.4 Å². The van der Waals surface area contributed by atoms with Crippen molar-refractivity contribution in [1.29, 1.82) is 0 Å². The monoisotopic (exact) mass is 658 g/mol. The minimum atomic E-state index is -4.22. The Morgan fingerprint density at radius 2 is 1.17 bits per heavy atom. The first-order chi connectivity index (χ1) is 19.5. The van der Waals surface area contributed by atoms with Crippen molar-refractivity contribution in [2.75, 3.05) is 59.3 Å². The first-order valence-corrected chi connectivity index (χ1v) is 20.2. The van der Waals surface area contributed by atoms with Crippen LogP contribution in [0.3, 0.4) is 0 Å². The summed E-state index contributed by atoms with van der Waals surface area (Å²) < 4.78 is 50.0. The third kappa shape index (κ3) is 17.6. The molecule has 9 nitrogen and oxygen atoms in total. The van der Waals surface area contributed by atoms with Gasteiger partial charge in [-0.15, -0.1) is 0 Å². The second-order valence-electron chi connectivity index (χ2n) is 13.4. The molecule has 3 N–H and O–H groups in total. The third-order valence-corrected chi connectivity index (χ3v) is 12.2. The fourth-order valence-corrected chi connectivity index (χ4v) is 9.29. The summed E-state index contributed by atoms with van der Waals surface area (Å²) in [5.74, 6) is -0.704. The number of halogens is 1. The van der Waals surface area contributed by atoms with E-state index in [1.807, 2.05) is 0 Å². The highest BCUT2D eigenvalue weighted by atomic mass is 35.5. The summed E-state index contributed by atoms with van der Waals surface area (Å²) in [4.78, 5) is 0. The lowest BCUT2D eigenvalue weighted by Gasteiger charge is -2.51. The van der Waals surface area contributed by atoms with E-state index in [1.54, 1.807) is 0 Å². The van der Waals surface area contributed by atoms with Crippen LogP contribution in [0.15, 0.2) is 0 Å². The number of aliphatic hydroxyl groups excluding tert-OH is 1. The maximum atomic E-state index is 10.9. The van der Waals surface area contributed by atoms with Crippen molar-refractivity contribution >= 4 is 18.9 Å². The number of hydrogen-bond acceptors (Lipinski definition) is 7. The topological polar surface area (TPSA) is 114 Å². The highest BCUT2D eigenvalue weighted by Crippen LogP contribution is 2.33. The molecule has 0 spiro atoms. The van der Waals surface area contributed by atoms with Crippen molar-refractivity contribution in [2.24, 2.45) is 0 Å². The normalized spacial score (nSPS) is 23.2. The zero-order valence-corrected chi connectivity index (χ0v) is 29.5. The molecule has 0 amide bonds. The molecule has 1 atom stereocenters. The van der Waals surface area contributed by atoms with E-state index < -0.39 is 36.3 Å². The van der Waals surface area contributed by atoms with Crippen molar-refractivity contribution in [3.8, 4) is 0 Å². The van der Waals surface area contributed by atoms with Gasteiger partial charge < -0.3 is 40.6 Å². The van der Waals surface area contributed by atoms with Gasteiger partial charge in [-0.3, -0.25) is 4.55 Å². The van der Waals surface area contributed by atoms with Gasteiger partial charge in [-0.1, -0.05) is 96.8 Å². The smallest absolute Gasteiger partial charge is 0.501 e. The fourth-order valence-electron chi connectivity index (χ4n) is 5.92. The minimum absolute atomic E-state index is 0. The van der Waals surface area contributed by atoms with Gasteiger partial charge in [-0.05, 0) is 12.8 Å². The number of aliphatic hydroxyl groups is 1. The van der Waals surface area contributed by atoms with E-state index in [1.165, 1.54) is 109 Å².